The fourth-order valence-corrected chi connectivity index (χ4v) is 3.11. The van der Waals surface area contributed by atoms with Crippen molar-refractivity contribution in [1.29, 1.82) is 0 Å². The van der Waals surface area contributed by atoms with Crippen LogP contribution < -0.4 is 0 Å². The molecule has 0 radical (unpaired) electrons. The normalized spacial score (nSPS) is 7.19. The summed E-state index contributed by atoms with van der Waals surface area (Å²) in [6, 6.07) is 0. The molecule has 0 aliphatic rings. The van der Waals surface area contributed by atoms with Gasteiger partial charge in [0, 0.05) is 153 Å². The molecule has 0 saturated heterocycles. The second kappa shape index (κ2) is 157. The quantitative estimate of drug-likeness (QED) is 0.0243. The fraction of sp³-hybridized carbons (Fsp3) is 0.510. The Kier molecular flexibility index (Phi) is 243. The molecule has 868 valence electrons. The average molecular weight is 2130 g/mol. The summed E-state index contributed by atoms with van der Waals surface area (Å²) in [7, 11) is 0. The molecule has 48 heteroatoms. The monoisotopic (exact) mass is 2130 g/mol. The van der Waals surface area contributed by atoms with E-state index in [1.165, 1.54) is 125 Å². The highest BCUT2D eigenvalue weighted by Crippen LogP contribution is 1.98. The molecule has 0 fully saturated rings. The summed E-state index contributed by atoms with van der Waals surface area (Å²) in [5.74, 6) is -12.9. The lowest BCUT2D eigenvalue weighted by atomic mass is 10.4. The Bertz CT molecular complexity index is 3080. The van der Waals surface area contributed by atoms with Gasteiger partial charge in [-0.1, -0.05) is 227 Å². The Morgan fingerprint density at radius 1 is 0.130 bits per heavy atom. The predicted octanol–water partition coefficient (Wildman–Crippen LogP) is 17.9. The SMILES string of the molecule is C.C.C.C.C.C.C.C.C.C.C.C.C.C.C.C.C.C.C.C.C=C(C)C(=O)OCOC(C)=O.C=C(C)C(=O)OCOC(C)=O.C=C(C)C(=O)OCOC(C)=O.C=C(C)C(=O)OCOC(C)=O.C=C(C)C(=O)OCOC(C)=O.C=C(C)C(=O)OCOC(C)=O.C=CC(=O)OCOC(C)=O.C=CC(=O)OCOC(C)=O.C=CC(=O)OCOC(C)=O.C=CC(=O)OCOC(C)=O.C=CC(=O)OCOC(C)=O.C=CC(=O)OCOC(C)=O. The van der Waals surface area contributed by atoms with Gasteiger partial charge >= 0.3 is 143 Å². The molecule has 0 aliphatic heterocycles. The van der Waals surface area contributed by atoms with Crippen molar-refractivity contribution in [2.24, 2.45) is 0 Å². The van der Waals surface area contributed by atoms with Crippen molar-refractivity contribution in [2.45, 2.75) is 273 Å². The van der Waals surface area contributed by atoms with Crippen molar-refractivity contribution < 1.29 is 229 Å². The van der Waals surface area contributed by atoms with E-state index in [0.29, 0.717) is 0 Å². The Morgan fingerprint density at radius 3 is 0.240 bits per heavy atom. The second-order valence-electron chi connectivity index (χ2n) is 20.3. The number of carbonyl (C=O) groups is 24. The summed E-state index contributed by atoms with van der Waals surface area (Å²) in [5, 5.41) is 0. The fourth-order valence-electron chi connectivity index (χ4n) is 3.11. The van der Waals surface area contributed by atoms with Crippen LogP contribution in [0.2, 0.25) is 0 Å². The van der Waals surface area contributed by atoms with Crippen molar-refractivity contribution >= 4 is 143 Å². The van der Waals surface area contributed by atoms with Crippen molar-refractivity contribution in [1.82, 2.24) is 0 Å². The zero-order valence-corrected chi connectivity index (χ0v) is 73.0. The van der Waals surface area contributed by atoms with Gasteiger partial charge in [-0.05, 0) is 41.5 Å². The summed E-state index contributed by atoms with van der Waals surface area (Å²) in [4.78, 5) is 247. The molecule has 0 heterocycles. The lowest BCUT2D eigenvalue weighted by molar-refractivity contribution is -0.164. The standard InChI is InChI=1S/6C7H10O4.6C6H8O4.20CH4/c6*1-5(2)7(9)11-4-10-6(3)8;6*1-3-6(8)10-4-9-5(2)7;;;;;;;;;;;;;;;;;;;;/h6*1,4H2,2-3H3;6*3H,1,4H2,2H3;20*1H4. The minimum absolute atomic E-state index is 0. The number of ether oxygens (including phenoxy) is 24. The molecule has 0 aromatic rings. The van der Waals surface area contributed by atoms with E-state index >= 15 is 0 Å². The van der Waals surface area contributed by atoms with Gasteiger partial charge in [-0.3, -0.25) is 57.5 Å². The predicted molar refractivity (Wildman–Crippen MR) is 557 cm³/mol. The summed E-state index contributed by atoms with van der Waals surface area (Å²) >= 11 is 0. The van der Waals surface area contributed by atoms with Crippen molar-refractivity contribution in [2.75, 3.05) is 81.5 Å². The first kappa shape index (κ1) is 225. The van der Waals surface area contributed by atoms with Crippen LogP contribution in [-0.2, 0) is 229 Å². The van der Waals surface area contributed by atoms with E-state index in [-0.39, 0.29) is 263 Å². The molecule has 0 unspecified atom stereocenters. The third kappa shape index (κ3) is 244. The highest BCUT2D eigenvalue weighted by Gasteiger charge is 2.09. The van der Waals surface area contributed by atoms with Gasteiger partial charge in [0.25, 0.3) is 0 Å². The molecule has 0 N–H and O–H groups in total. The van der Waals surface area contributed by atoms with E-state index in [1.807, 2.05) is 0 Å². The van der Waals surface area contributed by atoms with Gasteiger partial charge < -0.3 is 114 Å². The van der Waals surface area contributed by atoms with Crippen LogP contribution in [0, 0.1) is 0 Å². The van der Waals surface area contributed by atoms with Gasteiger partial charge in [0.15, 0.2) is 0 Å². The van der Waals surface area contributed by atoms with Crippen LogP contribution in [0.25, 0.3) is 0 Å². The number of esters is 24. The molecule has 0 atom stereocenters. The molecule has 0 saturated carbocycles. The topological polar surface area (TPSA) is 631 Å². The molecule has 0 aromatic carbocycles. The van der Waals surface area contributed by atoms with Gasteiger partial charge in [-0.2, -0.15) is 0 Å². The molecule has 0 aromatic heterocycles. The van der Waals surface area contributed by atoms with E-state index in [4.69, 9.17) is 0 Å². The molecule has 0 aliphatic carbocycles. The molecule has 48 nitrogen and oxygen atoms in total. The molecule has 0 spiro atoms. The third-order valence-electron chi connectivity index (χ3n) is 8.58. The summed E-state index contributed by atoms with van der Waals surface area (Å²) < 4.78 is 104. The summed E-state index contributed by atoms with van der Waals surface area (Å²) in [6.45, 7) is 58.5. The van der Waals surface area contributed by atoms with Crippen LogP contribution in [0.5, 0.6) is 0 Å². The van der Waals surface area contributed by atoms with Crippen LogP contribution in [0.3, 0.4) is 0 Å². The summed E-state index contributed by atoms with van der Waals surface area (Å²) in [5.41, 5.74) is 1.65. The third-order valence-corrected chi connectivity index (χ3v) is 8.58. The van der Waals surface area contributed by atoms with Gasteiger partial charge in [0.2, 0.25) is 81.5 Å². The molecule has 0 amide bonds. The summed E-state index contributed by atoms with van der Waals surface area (Å²) in [6.07, 6.45) is 5.94. The van der Waals surface area contributed by atoms with Crippen molar-refractivity contribution in [3.63, 3.8) is 0 Å². The Hall–Kier alpha value is -15.8. The van der Waals surface area contributed by atoms with Crippen molar-refractivity contribution in [3.05, 3.63) is 149 Å². The highest BCUT2D eigenvalue weighted by molar-refractivity contribution is 5.90. The van der Waals surface area contributed by atoms with E-state index in [9.17, 15) is 115 Å². The maximum absolute atomic E-state index is 10.6. The number of carbonyl (C=O) groups excluding carboxylic acids is 24. The number of hydrogen-bond donors (Lipinski definition) is 0. The first-order valence-corrected chi connectivity index (χ1v) is 33.5. The van der Waals surface area contributed by atoms with Gasteiger partial charge in [-0.15, -0.1) is 0 Å². The largest absolute Gasteiger partial charge is 0.428 e. The highest BCUT2D eigenvalue weighted by atomic mass is 16.8. The Morgan fingerprint density at radius 2 is 0.192 bits per heavy atom. The number of hydrogen-bond acceptors (Lipinski definition) is 48. The smallest absolute Gasteiger partial charge is 0.335 e. The van der Waals surface area contributed by atoms with Crippen LogP contribution in [-0.4, -0.2) is 225 Å². The maximum atomic E-state index is 10.6. The van der Waals surface area contributed by atoms with Crippen LogP contribution in [0.15, 0.2) is 149 Å². The first-order chi connectivity index (χ1) is 58.2. The van der Waals surface area contributed by atoms with Gasteiger partial charge in [0.1, 0.15) is 0 Å². The lowest BCUT2D eigenvalue weighted by Crippen LogP contribution is -2.10. The molecule has 0 bridgehead atoms. The zero-order valence-electron chi connectivity index (χ0n) is 73.0. The zero-order chi connectivity index (χ0) is 101. The van der Waals surface area contributed by atoms with Crippen LogP contribution in [0.1, 0.15) is 273 Å². The van der Waals surface area contributed by atoms with Crippen molar-refractivity contribution in [3.8, 4) is 0 Å². The van der Waals surface area contributed by atoms with Crippen LogP contribution >= 0.6 is 0 Å². The van der Waals surface area contributed by atoms with E-state index in [0.717, 1.165) is 36.5 Å². The Labute approximate surface area is 872 Å². The molecular formula is C98H188O48. The minimum Gasteiger partial charge on any atom is -0.428 e. The lowest BCUT2D eigenvalue weighted by Gasteiger charge is -2.02. The molecule has 0 rings (SSSR count). The molecule has 146 heavy (non-hydrogen) atoms. The second-order valence-corrected chi connectivity index (χ2v) is 20.3. The van der Waals surface area contributed by atoms with E-state index < -0.39 is 143 Å². The number of rotatable bonds is 36. The first-order valence-electron chi connectivity index (χ1n) is 33.5. The average Bonchev–Trinajstić information content (AvgIpc) is 1.02. The van der Waals surface area contributed by atoms with Gasteiger partial charge in [-0.25, -0.2) is 57.5 Å². The maximum Gasteiger partial charge on any atom is 0.335 e. The molecular weight excluding hydrogens is 1950 g/mol. The van der Waals surface area contributed by atoms with E-state index in [2.05, 4.69) is 193 Å². The Balaban J connectivity index is -0.0000000320. The van der Waals surface area contributed by atoms with Gasteiger partial charge in [0.05, 0.1) is 0 Å². The van der Waals surface area contributed by atoms with Crippen LogP contribution in [0.4, 0.5) is 0 Å². The minimum atomic E-state index is -0.610. The van der Waals surface area contributed by atoms with E-state index in [1.54, 1.807) is 0 Å².